The number of hydrogen-bond acceptors (Lipinski definition) is 3. The Morgan fingerprint density at radius 2 is 2.22 bits per heavy atom. The van der Waals surface area contributed by atoms with Gasteiger partial charge in [-0.3, -0.25) is 0 Å². The maximum atomic E-state index is 13.7. The average molecular weight is 250 g/mol. The Hall–Kier alpha value is -1.60. The van der Waals surface area contributed by atoms with Gasteiger partial charge in [-0.1, -0.05) is 19.9 Å². The predicted octanol–water partition coefficient (Wildman–Crippen LogP) is 3.01. The molecule has 1 rings (SSSR count). The van der Waals surface area contributed by atoms with Gasteiger partial charge in [-0.2, -0.15) is 5.26 Å². The second-order valence-corrected chi connectivity index (χ2v) is 4.41. The third-order valence-electron chi connectivity index (χ3n) is 2.40. The lowest BCUT2D eigenvalue weighted by molar-refractivity contribution is 0.297. The van der Waals surface area contributed by atoms with Crippen LogP contribution in [-0.2, 0) is 6.54 Å². The molecule has 0 saturated heterocycles. The van der Waals surface area contributed by atoms with Crippen LogP contribution in [0.3, 0.4) is 0 Å². The van der Waals surface area contributed by atoms with Gasteiger partial charge in [-0.05, 0) is 24.1 Å². The van der Waals surface area contributed by atoms with Crippen LogP contribution < -0.4 is 10.1 Å². The lowest BCUT2D eigenvalue weighted by atomic mass is 10.2. The van der Waals surface area contributed by atoms with Crippen LogP contribution in [0.1, 0.15) is 32.3 Å². The Kier molecular flexibility index (Phi) is 6.16. The van der Waals surface area contributed by atoms with Gasteiger partial charge < -0.3 is 10.1 Å². The van der Waals surface area contributed by atoms with Gasteiger partial charge in [0.05, 0.1) is 12.7 Å². The molecule has 18 heavy (non-hydrogen) atoms. The fourth-order valence-electron chi connectivity index (χ4n) is 1.43. The predicted molar refractivity (Wildman–Crippen MR) is 68.7 cm³/mol. The summed E-state index contributed by atoms with van der Waals surface area (Å²) in [6.45, 7) is 5.10. The van der Waals surface area contributed by atoms with E-state index in [1.165, 1.54) is 6.07 Å². The molecule has 0 saturated carbocycles. The van der Waals surface area contributed by atoms with Gasteiger partial charge in [0.2, 0.25) is 0 Å². The summed E-state index contributed by atoms with van der Waals surface area (Å²) < 4.78 is 18.9. The number of nitrogens with one attached hydrogen (secondary N) is 1. The molecule has 0 atom stereocenters. The van der Waals surface area contributed by atoms with Crippen molar-refractivity contribution in [2.75, 3.05) is 6.61 Å². The van der Waals surface area contributed by atoms with Crippen LogP contribution in [0.4, 0.5) is 4.39 Å². The van der Waals surface area contributed by atoms with Crippen molar-refractivity contribution >= 4 is 0 Å². The number of hydrogen-bond donors (Lipinski definition) is 1. The Balaban J connectivity index is 2.49. The van der Waals surface area contributed by atoms with Gasteiger partial charge >= 0.3 is 0 Å². The maximum absolute atomic E-state index is 13.7. The molecule has 0 aliphatic heterocycles. The molecule has 0 unspecified atom stereocenters. The Morgan fingerprint density at radius 1 is 1.44 bits per heavy atom. The van der Waals surface area contributed by atoms with E-state index in [4.69, 9.17) is 10.00 Å². The summed E-state index contributed by atoms with van der Waals surface area (Å²) in [5, 5.41) is 11.6. The van der Waals surface area contributed by atoms with Crippen molar-refractivity contribution in [2.24, 2.45) is 0 Å². The molecule has 0 heterocycles. The summed E-state index contributed by atoms with van der Waals surface area (Å²) >= 11 is 0. The molecule has 0 fully saturated rings. The number of nitriles is 1. The van der Waals surface area contributed by atoms with Gasteiger partial charge in [-0.25, -0.2) is 4.39 Å². The average Bonchev–Trinajstić information content (AvgIpc) is 2.34. The topological polar surface area (TPSA) is 45.0 Å². The van der Waals surface area contributed by atoms with Crippen molar-refractivity contribution in [3.8, 4) is 11.8 Å². The quantitative estimate of drug-likeness (QED) is 0.757. The highest BCUT2D eigenvalue weighted by molar-refractivity contribution is 5.29. The van der Waals surface area contributed by atoms with E-state index in [-0.39, 0.29) is 11.6 Å². The molecule has 0 aliphatic rings. The van der Waals surface area contributed by atoms with E-state index >= 15 is 0 Å². The molecule has 1 aromatic carbocycles. The number of rotatable bonds is 7. The number of ether oxygens (including phenoxy) is 1. The first-order valence-electron chi connectivity index (χ1n) is 6.15. The summed E-state index contributed by atoms with van der Waals surface area (Å²) in [5.74, 6) is -0.101. The van der Waals surface area contributed by atoms with Gasteiger partial charge in [0.1, 0.15) is 0 Å². The summed E-state index contributed by atoms with van der Waals surface area (Å²) in [4.78, 5) is 0. The Labute approximate surface area is 108 Å². The van der Waals surface area contributed by atoms with Gasteiger partial charge in [0.25, 0.3) is 0 Å². The fourth-order valence-corrected chi connectivity index (χ4v) is 1.43. The van der Waals surface area contributed by atoms with Crippen LogP contribution in [-0.4, -0.2) is 12.6 Å². The first-order chi connectivity index (χ1) is 8.63. The van der Waals surface area contributed by atoms with Crippen molar-refractivity contribution in [2.45, 2.75) is 39.3 Å². The van der Waals surface area contributed by atoms with Gasteiger partial charge in [0.15, 0.2) is 11.6 Å². The fraction of sp³-hybridized carbons (Fsp3) is 0.500. The standard InChI is InChI=1S/C14H19FN2O/c1-11(2)17-10-12-5-6-14(13(15)9-12)18-8-4-3-7-16/h5-6,9,11,17H,3-4,8,10H2,1-2H3. The third kappa shape index (κ3) is 5.15. The van der Waals surface area contributed by atoms with Crippen LogP contribution in [0, 0.1) is 17.1 Å². The minimum atomic E-state index is -0.352. The first kappa shape index (κ1) is 14.5. The number of nitrogens with zero attached hydrogens (tertiary/aromatic N) is 1. The van der Waals surface area contributed by atoms with E-state index in [1.54, 1.807) is 6.07 Å². The highest BCUT2D eigenvalue weighted by Gasteiger charge is 2.05. The molecule has 3 nitrogen and oxygen atoms in total. The smallest absolute Gasteiger partial charge is 0.165 e. The zero-order valence-electron chi connectivity index (χ0n) is 10.9. The van der Waals surface area contributed by atoms with Crippen LogP contribution in [0.5, 0.6) is 5.75 Å². The molecular formula is C14H19FN2O. The van der Waals surface area contributed by atoms with Gasteiger partial charge in [0, 0.05) is 19.0 Å². The lowest BCUT2D eigenvalue weighted by Gasteiger charge is -2.10. The highest BCUT2D eigenvalue weighted by Crippen LogP contribution is 2.18. The van der Waals surface area contributed by atoms with Gasteiger partial charge in [-0.15, -0.1) is 0 Å². The normalized spacial score (nSPS) is 10.4. The molecule has 0 aliphatic carbocycles. The summed E-state index contributed by atoms with van der Waals surface area (Å²) in [5.41, 5.74) is 0.894. The van der Waals surface area contributed by atoms with Crippen molar-refractivity contribution in [3.63, 3.8) is 0 Å². The molecule has 0 amide bonds. The minimum Gasteiger partial charge on any atom is -0.490 e. The number of unbranched alkanes of at least 4 members (excludes halogenated alkanes) is 1. The van der Waals surface area contributed by atoms with E-state index in [9.17, 15) is 4.39 Å². The first-order valence-corrected chi connectivity index (χ1v) is 6.15. The monoisotopic (exact) mass is 250 g/mol. The van der Waals surface area contributed by atoms with Crippen LogP contribution in [0.25, 0.3) is 0 Å². The summed E-state index contributed by atoms with van der Waals surface area (Å²) in [6.07, 6.45) is 1.05. The van der Waals surface area contributed by atoms with E-state index in [0.29, 0.717) is 32.0 Å². The highest BCUT2D eigenvalue weighted by atomic mass is 19.1. The summed E-state index contributed by atoms with van der Waals surface area (Å²) in [7, 11) is 0. The molecule has 0 bridgehead atoms. The van der Waals surface area contributed by atoms with Crippen molar-refractivity contribution in [1.82, 2.24) is 5.32 Å². The molecule has 1 aromatic rings. The van der Waals surface area contributed by atoms with Crippen LogP contribution in [0.15, 0.2) is 18.2 Å². The molecule has 4 heteroatoms. The molecule has 0 spiro atoms. The molecule has 0 radical (unpaired) electrons. The maximum Gasteiger partial charge on any atom is 0.165 e. The second-order valence-electron chi connectivity index (χ2n) is 4.41. The van der Waals surface area contributed by atoms with E-state index in [0.717, 1.165) is 5.56 Å². The number of benzene rings is 1. The van der Waals surface area contributed by atoms with Crippen molar-refractivity contribution in [3.05, 3.63) is 29.6 Å². The SMILES string of the molecule is CC(C)NCc1ccc(OCCCC#N)c(F)c1. The zero-order chi connectivity index (χ0) is 13.4. The van der Waals surface area contributed by atoms with Crippen LogP contribution in [0.2, 0.25) is 0 Å². The second kappa shape index (κ2) is 7.67. The van der Waals surface area contributed by atoms with Crippen molar-refractivity contribution in [1.29, 1.82) is 5.26 Å². The van der Waals surface area contributed by atoms with Crippen LogP contribution >= 0.6 is 0 Å². The van der Waals surface area contributed by atoms with E-state index in [2.05, 4.69) is 5.32 Å². The molecule has 98 valence electrons. The molecular weight excluding hydrogens is 231 g/mol. The largest absolute Gasteiger partial charge is 0.490 e. The van der Waals surface area contributed by atoms with Crippen molar-refractivity contribution < 1.29 is 9.13 Å². The van der Waals surface area contributed by atoms with E-state index < -0.39 is 0 Å². The molecule has 0 aromatic heterocycles. The summed E-state index contributed by atoms with van der Waals surface area (Å²) in [6, 6.07) is 7.36. The van der Waals surface area contributed by atoms with E-state index in [1.807, 2.05) is 26.0 Å². The Bertz CT molecular complexity index is 413. The minimum absolute atomic E-state index is 0.251. The third-order valence-corrected chi connectivity index (χ3v) is 2.40. The molecule has 1 N–H and O–H groups in total. The lowest BCUT2D eigenvalue weighted by Crippen LogP contribution is -2.21. The Morgan fingerprint density at radius 3 is 2.83 bits per heavy atom. The zero-order valence-corrected chi connectivity index (χ0v) is 10.9. The number of halogens is 1.